The molecule has 0 aliphatic heterocycles. The summed E-state index contributed by atoms with van der Waals surface area (Å²) in [5.74, 6) is -2.02. The Hall–Kier alpha value is -4.95. The van der Waals surface area contributed by atoms with E-state index < -0.39 is 43.3 Å². The van der Waals surface area contributed by atoms with Gasteiger partial charge in [0.15, 0.2) is 0 Å². The van der Waals surface area contributed by atoms with Crippen molar-refractivity contribution in [3.05, 3.63) is 108 Å². The molecule has 22 heteroatoms. The van der Waals surface area contributed by atoms with E-state index in [9.17, 15) is 37.3 Å². The number of rotatable bonds is 10. The predicted molar refractivity (Wildman–Crippen MR) is 188 cm³/mol. The monoisotopic (exact) mass is 845 g/mol. The molecule has 6 rings (SSSR count). The van der Waals surface area contributed by atoms with E-state index in [-0.39, 0.29) is 79.5 Å². The predicted octanol–water partition coefficient (Wildman–Crippen LogP) is 0.304. The van der Waals surface area contributed by atoms with Gasteiger partial charge in [0.05, 0.1) is 43.9 Å². The molecule has 18 nitrogen and oxygen atoms in total. The Morgan fingerprint density at radius 1 is 0.554 bits per heavy atom. The summed E-state index contributed by atoms with van der Waals surface area (Å²) in [5, 5.41) is 72.5. The van der Waals surface area contributed by atoms with Crippen LogP contribution in [0.1, 0.15) is 11.4 Å². The molecule has 6 aromatic rings. The first-order valence-electron chi connectivity index (χ1n) is 15.6. The number of sulfonamides is 2. The van der Waals surface area contributed by atoms with Gasteiger partial charge in [-0.15, -0.1) is 10.2 Å². The van der Waals surface area contributed by atoms with Gasteiger partial charge in [-0.25, -0.2) is 35.6 Å². The minimum Gasteiger partial charge on any atom is -0.871 e. The molecule has 4 aromatic carbocycles. The maximum absolute atomic E-state index is 12.5. The number of azo groups is 2. The van der Waals surface area contributed by atoms with Crippen molar-refractivity contribution < 1.29 is 84.2 Å². The molecule has 2 aromatic heterocycles. The summed E-state index contributed by atoms with van der Waals surface area (Å²) in [6.07, 6.45) is 0. The normalized spacial score (nSPS) is 11.5. The van der Waals surface area contributed by atoms with Crippen molar-refractivity contribution in [3.8, 4) is 34.6 Å². The molecule has 0 amide bonds. The largest absolute Gasteiger partial charge is 3.00 e. The zero-order chi connectivity index (χ0) is 39.2. The second kappa shape index (κ2) is 19.3. The van der Waals surface area contributed by atoms with E-state index >= 15 is 0 Å². The fraction of sp³-hybridized carbons (Fsp3) is 0.118. The summed E-state index contributed by atoms with van der Waals surface area (Å²) in [7, 11) is -4.96. The minimum absolute atomic E-state index is 0. The van der Waals surface area contributed by atoms with Gasteiger partial charge in [0.25, 0.3) is 0 Å². The van der Waals surface area contributed by atoms with E-state index in [1.807, 2.05) is 12.1 Å². The quantitative estimate of drug-likeness (QED) is 0.141. The summed E-state index contributed by atoms with van der Waals surface area (Å²) in [5.41, 5.74) is 1.35. The van der Waals surface area contributed by atoms with Crippen LogP contribution in [0.5, 0.6) is 23.3 Å². The molecule has 0 aliphatic rings. The van der Waals surface area contributed by atoms with E-state index in [2.05, 4.69) is 40.1 Å². The van der Waals surface area contributed by atoms with Crippen LogP contribution >= 0.6 is 0 Å². The molecular formula is C34H30CrN10NaO8S2. The standard InChI is InChI=1S/2C17H17N5O4S.Cr.Na/c2*1-11-16(17(24)22(21-11)12-6-4-3-5-7-12)20-19-14-10-13(8-9-15(14)23)27(25,26)18-2;;/h2*3-10,18,23-24H,1-2H3;;/q;;+3;+1/p-4. The van der Waals surface area contributed by atoms with Crippen molar-refractivity contribution in [2.24, 2.45) is 20.5 Å². The van der Waals surface area contributed by atoms with Crippen LogP contribution in [0.3, 0.4) is 0 Å². The van der Waals surface area contributed by atoms with Crippen molar-refractivity contribution in [2.45, 2.75) is 23.6 Å². The number of aromatic nitrogens is 4. The van der Waals surface area contributed by atoms with E-state index in [1.54, 1.807) is 62.4 Å². The molecule has 0 bridgehead atoms. The van der Waals surface area contributed by atoms with Gasteiger partial charge in [0.1, 0.15) is 11.4 Å². The second-order valence-corrected chi connectivity index (χ2v) is 14.8. The minimum atomic E-state index is -3.74. The van der Waals surface area contributed by atoms with Gasteiger partial charge in [-0.3, -0.25) is 0 Å². The van der Waals surface area contributed by atoms with Crippen LogP contribution in [-0.4, -0.2) is 50.5 Å². The number of benzene rings is 4. The Kier molecular flexibility index (Phi) is 15.6. The molecular weight excluding hydrogens is 816 g/mol. The Balaban J connectivity index is 0.000000290. The number of aryl methyl sites for hydroxylation is 2. The number of hydrogen-bond donors (Lipinski definition) is 2. The summed E-state index contributed by atoms with van der Waals surface area (Å²) in [4.78, 5) is -0.254. The summed E-state index contributed by atoms with van der Waals surface area (Å²) in [6.45, 7) is 3.18. The van der Waals surface area contributed by atoms with Crippen molar-refractivity contribution in [3.63, 3.8) is 0 Å². The van der Waals surface area contributed by atoms with Gasteiger partial charge in [0.2, 0.25) is 20.0 Å². The summed E-state index contributed by atoms with van der Waals surface area (Å²) in [6, 6.07) is 24.3. The van der Waals surface area contributed by atoms with Gasteiger partial charge in [-0.2, -0.15) is 20.4 Å². The average Bonchev–Trinajstić information content (AvgIpc) is 3.63. The third-order valence-electron chi connectivity index (χ3n) is 7.51. The fourth-order valence-corrected chi connectivity index (χ4v) is 6.14. The van der Waals surface area contributed by atoms with Crippen LogP contribution in [0, 0.1) is 13.8 Å². The van der Waals surface area contributed by atoms with E-state index in [0.29, 0.717) is 22.8 Å². The molecule has 0 saturated carbocycles. The molecule has 283 valence electrons. The van der Waals surface area contributed by atoms with Crippen LogP contribution in [0.25, 0.3) is 11.4 Å². The average molecular weight is 846 g/mol. The third-order valence-corrected chi connectivity index (χ3v) is 10.3. The Morgan fingerprint density at radius 2 is 0.893 bits per heavy atom. The van der Waals surface area contributed by atoms with Crippen molar-refractivity contribution >= 4 is 42.8 Å². The van der Waals surface area contributed by atoms with Gasteiger partial charge in [-0.05, 0) is 76.5 Å². The van der Waals surface area contributed by atoms with Crippen LogP contribution in [-0.2, 0) is 37.4 Å². The van der Waals surface area contributed by atoms with Crippen LogP contribution in [0.2, 0.25) is 0 Å². The summed E-state index contributed by atoms with van der Waals surface area (Å²) >= 11 is 0. The van der Waals surface area contributed by atoms with E-state index in [1.165, 1.54) is 35.6 Å². The molecule has 2 heterocycles. The van der Waals surface area contributed by atoms with Gasteiger partial charge in [0, 0.05) is 11.8 Å². The third kappa shape index (κ3) is 10.3. The van der Waals surface area contributed by atoms with Crippen molar-refractivity contribution in [2.75, 3.05) is 14.1 Å². The SMILES string of the molecule is CNS(=O)(=O)c1ccc([O-])c(N=Nc2c(C)nn(-c3ccccc3)c2[O-])c1.CNS(=O)(=O)c1ccc([O-])c(N=Nc2c(C)nn(-c3ccccc3)c2[O-])c1.[Cr+3].[Na+]. The molecule has 0 unspecified atom stereocenters. The Labute approximate surface area is 354 Å². The van der Waals surface area contributed by atoms with Crippen LogP contribution in [0.4, 0.5) is 22.7 Å². The maximum atomic E-state index is 12.5. The van der Waals surface area contributed by atoms with Gasteiger partial charge >= 0.3 is 46.9 Å². The van der Waals surface area contributed by atoms with Crippen LogP contribution < -0.4 is 59.4 Å². The Morgan fingerprint density at radius 3 is 1.21 bits per heavy atom. The van der Waals surface area contributed by atoms with E-state index in [4.69, 9.17) is 0 Å². The molecule has 0 fully saturated rings. The van der Waals surface area contributed by atoms with Crippen molar-refractivity contribution in [1.82, 2.24) is 29.0 Å². The zero-order valence-electron chi connectivity index (χ0n) is 30.3. The molecule has 0 aliphatic carbocycles. The Bertz CT molecular complexity index is 2410. The van der Waals surface area contributed by atoms with Crippen molar-refractivity contribution in [1.29, 1.82) is 0 Å². The van der Waals surface area contributed by atoms with E-state index in [0.717, 1.165) is 24.3 Å². The molecule has 1 radical (unpaired) electrons. The smallest absolute Gasteiger partial charge is 0.871 e. The first-order valence-corrected chi connectivity index (χ1v) is 18.6. The number of para-hydroxylation sites is 2. The molecule has 2 N–H and O–H groups in total. The number of nitrogens with one attached hydrogen (secondary N) is 2. The van der Waals surface area contributed by atoms with Crippen LogP contribution in [0.15, 0.2) is 127 Å². The maximum Gasteiger partial charge on any atom is 3.00 e. The second-order valence-electron chi connectivity index (χ2n) is 11.0. The first kappa shape index (κ1) is 45.4. The summed E-state index contributed by atoms with van der Waals surface area (Å²) < 4.78 is 54.1. The molecule has 0 spiro atoms. The fourth-order valence-electron chi connectivity index (χ4n) is 4.64. The van der Waals surface area contributed by atoms with Gasteiger partial charge in [-0.1, -0.05) is 60.0 Å². The first-order chi connectivity index (χ1) is 25.7. The number of nitrogens with zero attached hydrogens (tertiary/aromatic N) is 8. The van der Waals surface area contributed by atoms with Gasteiger partial charge < -0.3 is 20.4 Å². The zero-order valence-corrected chi connectivity index (χ0v) is 35.2. The number of hydrogen-bond acceptors (Lipinski definition) is 14. The molecule has 0 saturated heterocycles. The molecule has 56 heavy (non-hydrogen) atoms. The topological polar surface area (TPSA) is 270 Å². The molecule has 0 atom stereocenters.